The first kappa shape index (κ1) is 25.3. The molecule has 4 nitrogen and oxygen atoms in total. The minimum atomic E-state index is -4.78. The van der Waals surface area contributed by atoms with Gasteiger partial charge in [0.1, 0.15) is 17.4 Å². The monoisotopic (exact) mass is 503 g/mol. The number of carbonyl (C=O) groups is 1. The topological polar surface area (TPSA) is 47.9 Å². The molecule has 0 bridgehead atoms. The number of halogens is 5. The number of rotatable bonds is 6. The van der Waals surface area contributed by atoms with Gasteiger partial charge in [-0.25, -0.2) is 8.78 Å². The summed E-state index contributed by atoms with van der Waals surface area (Å²) in [5.41, 5.74) is 1.87. The molecular weight excluding hydrogens is 481 g/mol. The Balaban J connectivity index is 1.63. The SMILES string of the molecule is CC(C)OC(=O)[C@H]1CC(c2c(F)cccc2F)=NC1c1ccc(-c2ccc(OC(F)(F)F)cc2)cc1. The van der Waals surface area contributed by atoms with Gasteiger partial charge >= 0.3 is 12.3 Å². The van der Waals surface area contributed by atoms with Crippen LogP contribution in [-0.4, -0.2) is 24.1 Å². The predicted octanol–water partition coefficient (Wildman–Crippen LogP) is 7.03. The lowest BCUT2D eigenvalue weighted by Crippen LogP contribution is -2.24. The van der Waals surface area contributed by atoms with Crippen molar-refractivity contribution in [1.29, 1.82) is 0 Å². The zero-order valence-electron chi connectivity index (χ0n) is 19.4. The molecule has 0 aliphatic carbocycles. The average Bonchev–Trinajstić information content (AvgIpc) is 3.23. The summed E-state index contributed by atoms with van der Waals surface area (Å²) in [6.07, 6.45) is -5.14. The molecule has 2 atom stereocenters. The van der Waals surface area contributed by atoms with Crippen molar-refractivity contribution in [2.24, 2.45) is 10.9 Å². The molecule has 4 rings (SSSR count). The van der Waals surface area contributed by atoms with Crippen molar-refractivity contribution in [3.8, 4) is 16.9 Å². The Bertz CT molecular complexity index is 1250. The standard InChI is InChI=1S/C27H22F5NO3/c1-15(2)35-26(34)20-14-23(24-21(28)4-3-5-22(24)29)33-25(20)18-8-6-16(7-9-18)17-10-12-19(13-11-17)36-27(30,31)32/h3-13,15,20,25H,14H2,1-2H3/t20-,25?/m0/s1. The van der Waals surface area contributed by atoms with Crippen molar-refractivity contribution in [2.75, 3.05) is 0 Å². The fourth-order valence-electron chi connectivity index (χ4n) is 4.13. The van der Waals surface area contributed by atoms with E-state index in [0.717, 1.165) is 12.1 Å². The van der Waals surface area contributed by atoms with Gasteiger partial charge in [0.15, 0.2) is 0 Å². The van der Waals surface area contributed by atoms with Gasteiger partial charge in [0.25, 0.3) is 0 Å². The molecule has 0 fully saturated rings. The molecule has 0 amide bonds. The van der Waals surface area contributed by atoms with Gasteiger partial charge < -0.3 is 9.47 Å². The van der Waals surface area contributed by atoms with E-state index in [-0.39, 0.29) is 29.5 Å². The Morgan fingerprint density at radius 3 is 2.00 bits per heavy atom. The van der Waals surface area contributed by atoms with Crippen LogP contribution in [0.4, 0.5) is 22.0 Å². The minimum Gasteiger partial charge on any atom is -0.463 e. The molecule has 3 aromatic rings. The Labute approximate surface area is 204 Å². The molecule has 3 aromatic carbocycles. The Hall–Kier alpha value is -3.75. The minimum absolute atomic E-state index is 0.0104. The van der Waals surface area contributed by atoms with Gasteiger partial charge in [0.05, 0.1) is 23.6 Å². The van der Waals surface area contributed by atoms with Crippen LogP contribution in [0.5, 0.6) is 5.75 Å². The lowest BCUT2D eigenvalue weighted by molar-refractivity contribution is -0.274. The molecule has 1 unspecified atom stereocenters. The second kappa shape index (κ2) is 10.1. The molecule has 9 heteroatoms. The van der Waals surface area contributed by atoms with E-state index in [1.807, 2.05) is 0 Å². The van der Waals surface area contributed by atoms with Gasteiger partial charge in [-0.2, -0.15) is 0 Å². The van der Waals surface area contributed by atoms with Crippen LogP contribution in [0.15, 0.2) is 71.7 Å². The van der Waals surface area contributed by atoms with E-state index in [1.165, 1.54) is 30.3 Å². The van der Waals surface area contributed by atoms with Crippen LogP contribution in [0, 0.1) is 17.6 Å². The molecule has 0 radical (unpaired) electrons. The summed E-state index contributed by atoms with van der Waals surface area (Å²) in [4.78, 5) is 17.4. The lowest BCUT2D eigenvalue weighted by atomic mass is 9.90. The third-order valence-electron chi connectivity index (χ3n) is 5.67. The maximum atomic E-state index is 14.4. The molecule has 0 spiro atoms. The first-order valence-corrected chi connectivity index (χ1v) is 11.2. The first-order valence-electron chi connectivity index (χ1n) is 11.2. The maximum Gasteiger partial charge on any atom is 0.573 e. The third kappa shape index (κ3) is 5.72. The van der Waals surface area contributed by atoms with E-state index in [0.29, 0.717) is 16.7 Å². The van der Waals surface area contributed by atoms with E-state index in [2.05, 4.69) is 9.73 Å². The Morgan fingerprint density at radius 2 is 1.47 bits per heavy atom. The maximum absolute atomic E-state index is 14.4. The zero-order chi connectivity index (χ0) is 26.0. The van der Waals surface area contributed by atoms with Crippen molar-refractivity contribution in [2.45, 2.75) is 38.8 Å². The van der Waals surface area contributed by atoms with Gasteiger partial charge in [-0.1, -0.05) is 42.5 Å². The summed E-state index contributed by atoms with van der Waals surface area (Å²) in [7, 11) is 0. The number of esters is 1. The third-order valence-corrected chi connectivity index (χ3v) is 5.67. The highest BCUT2D eigenvalue weighted by Gasteiger charge is 2.39. The normalized spacial score (nSPS) is 17.7. The number of hydrogen-bond acceptors (Lipinski definition) is 4. The highest BCUT2D eigenvalue weighted by Crippen LogP contribution is 2.39. The van der Waals surface area contributed by atoms with Crippen molar-refractivity contribution in [3.63, 3.8) is 0 Å². The molecule has 188 valence electrons. The molecule has 0 aromatic heterocycles. The number of hydrogen-bond donors (Lipinski definition) is 0. The number of benzene rings is 3. The molecule has 1 heterocycles. The van der Waals surface area contributed by atoms with Gasteiger partial charge in [-0.15, -0.1) is 13.2 Å². The molecule has 0 saturated carbocycles. The van der Waals surface area contributed by atoms with Gasteiger partial charge in [0.2, 0.25) is 0 Å². The zero-order valence-corrected chi connectivity index (χ0v) is 19.4. The molecule has 0 N–H and O–H groups in total. The highest BCUT2D eigenvalue weighted by molar-refractivity contribution is 6.04. The quantitative estimate of drug-likeness (QED) is 0.268. The summed E-state index contributed by atoms with van der Waals surface area (Å²) in [6.45, 7) is 3.42. The summed E-state index contributed by atoms with van der Waals surface area (Å²) in [5, 5.41) is 0. The second-order valence-corrected chi connectivity index (χ2v) is 8.61. The van der Waals surface area contributed by atoms with Crippen molar-refractivity contribution >= 4 is 11.7 Å². The average molecular weight is 503 g/mol. The molecule has 1 aliphatic rings. The second-order valence-electron chi connectivity index (χ2n) is 8.61. The van der Waals surface area contributed by atoms with E-state index >= 15 is 0 Å². The summed E-state index contributed by atoms with van der Waals surface area (Å²) < 4.78 is 75.3. The summed E-state index contributed by atoms with van der Waals surface area (Å²) in [6, 6.07) is 15.1. The van der Waals surface area contributed by atoms with E-state index in [9.17, 15) is 26.7 Å². The summed E-state index contributed by atoms with van der Waals surface area (Å²) in [5.74, 6) is -3.15. The number of alkyl halides is 3. The van der Waals surface area contributed by atoms with Gasteiger partial charge in [-0.05, 0) is 54.8 Å². The van der Waals surface area contributed by atoms with Crippen LogP contribution < -0.4 is 4.74 Å². The smallest absolute Gasteiger partial charge is 0.463 e. The number of aliphatic imine (C=N–C) groups is 1. The van der Waals surface area contributed by atoms with Crippen molar-refractivity contribution in [1.82, 2.24) is 0 Å². The van der Waals surface area contributed by atoms with Crippen LogP contribution in [-0.2, 0) is 9.53 Å². The van der Waals surface area contributed by atoms with Gasteiger partial charge in [-0.3, -0.25) is 9.79 Å². The predicted molar refractivity (Wildman–Crippen MR) is 124 cm³/mol. The van der Waals surface area contributed by atoms with Crippen molar-refractivity contribution < 1.29 is 36.2 Å². The largest absolute Gasteiger partial charge is 0.573 e. The number of ether oxygens (including phenoxy) is 2. The Morgan fingerprint density at radius 1 is 0.917 bits per heavy atom. The fraction of sp³-hybridized carbons (Fsp3) is 0.259. The van der Waals surface area contributed by atoms with Crippen LogP contribution in [0.2, 0.25) is 0 Å². The van der Waals surface area contributed by atoms with Crippen LogP contribution in [0.25, 0.3) is 11.1 Å². The van der Waals surface area contributed by atoms with Crippen LogP contribution >= 0.6 is 0 Å². The number of carbonyl (C=O) groups excluding carboxylic acids is 1. The van der Waals surface area contributed by atoms with E-state index in [4.69, 9.17) is 4.74 Å². The van der Waals surface area contributed by atoms with Crippen molar-refractivity contribution in [3.05, 3.63) is 89.5 Å². The fourth-order valence-corrected chi connectivity index (χ4v) is 4.13. The lowest BCUT2D eigenvalue weighted by Gasteiger charge is -2.19. The molecule has 0 saturated heterocycles. The van der Waals surface area contributed by atoms with Crippen LogP contribution in [0.1, 0.15) is 37.4 Å². The molecule has 36 heavy (non-hydrogen) atoms. The first-order chi connectivity index (χ1) is 17.0. The van der Waals surface area contributed by atoms with Gasteiger partial charge in [0, 0.05) is 12.1 Å². The Kier molecular flexibility index (Phi) is 7.10. The molecular formula is C27H22F5NO3. The number of nitrogens with zero attached hydrogens (tertiary/aromatic N) is 1. The van der Waals surface area contributed by atoms with E-state index in [1.54, 1.807) is 38.1 Å². The summed E-state index contributed by atoms with van der Waals surface area (Å²) >= 11 is 0. The van der Waals surface area contributed by atoms with Crippen LogP contribution in [0.3, 0.4) is 0 Å². The molecule has 1 aliphatic heterocycles. The van der Waals surface area contributed by atoms with E-state index < -0.39 is 35.9 Å². The highest BCUT2D eigenvalue weighted by atomic mass is 19.4.